The van der Waals surface area contributed by atoms with Gasteiger partial charge in [0.2, 0.25) is 5.91 Å². The van der Waals surface area contributed by atoms with Gasteiger partial charge in [0.15, 0.2) is 0 Å². The molecule has 25 heavy (non-hydrogen) atoms. The standard InChI is InChI=1S/C20H26N2O2.ClH/c1-2-8-19(21)20(23)22-13-17-11-6-7-12-18(17)15-24-14-16-9-4-3-5-10-16;/h3-7,9-12,19H,2,8,13-15,21H2,1H3,(H,22,23);1H. The van der Waals surface area contributed by atoms with Crippen LogP contribution in [0.5, 0.6) is 0 Å². The molecule has 2 aromatic rings. The van der Waals surface area contributed by atoms with Crippen LogP contribution in [-0.4, -0.2) is 11.9 Å². The van der Waals surface area contributed by atoms with Gasteiger partial charge in [-0.25, -0.2) is 0 Å². The Balaban J connectivity index is 0.00000312. The fourth-order valence-corrected chi connectivity index (χ4v) is 2.48. The lowest BCUT2D eigenvalue weighted by molar-refractivity contribution is -0.122. The van der Waals surface area contributed by atoms with Crippen LogP contribution in [0.1, 0.15) is 36.5 Å². The fraction of sp³-hybridized carbons (Fsp3) is 0.350. The third-order valence-corrected chi connectivity index (χ3v) is 3.88. The van der Waals surface area contributed by atoms with E-state index in [2.05, 4.69) is 5.32 Å². The second kappa shape index (κ2) is 11.6. The first-order valence-electron chi connectivity index (χ1n) is 8.42. The largest absolute Gasteiger partial charge is 0.372 e. The minimum Gasteiger partial charge on any atom is -0.372 e. The van der Waals surface area contributed by atoms with E-state index in [1.54, 1.807) is 0 Å². The zero-order chi connectivity index (χ0) is 17.2. The van der Waals surface area contributed by atoms with Crippen LogP contribution in [-0.2, 0) is 29.3 Å². The first-order chi connectivity index (χ1) is 11.7. The molecule has 0 bridgehead atoms. The van der Waals surface area contributed by atoms with Crippen LogP contribution in [0.2, 0.25) is 0 Å². The van der Waals surface area contributed by atoms with Gasteiger partial charge in [-0.1, -0.05) is 67.9 Å². The molecule has 1 atom stereocenters. The number of nitrogens with two attached hydrogens (primary N) is 1. The third-order valence-electron chi connectivity index (χ3n) is 3.88. The van der Waals surface area contributed by atoms with E-state index in [9.17, 15) is 4.79 Å². The van der Waals surface area contributed by atoms with Gasteiger partial charge in [0.25, 0.3) is 0 Å². The molecule has 0 aliphatic rings. The van der Waals surface area contributed by atoms with Crippen LogP contribution in [0.3, 0.4) is 0 Å². The van der Waals surface area contributed by atoms with Gasteiger partial charge in [-0.3, -0.25) is 4.79 Å². The van der Waals surface area contributed by atoms with Gasteiger partial charge in [0.05, 0.1) is 19.3 Å². The number of carbonyl (C=O) groups is 1. The number of amides is 1. The van der Waals surface area contributed by atoms with E-state index in [4.69, 9.17) is 10.5 Å². The molecule has 0 saturated carbocycles. The summed E-state index contributed by atoms with van der Waals surface area (Å²) in [6.07, 6.45) is 1.60. The molecule has 0 heterocycles. The quantitative estimate of drug-likeness (QED) is 0.716. The van der Waals surface area contributed by atoms with Crippen molar-refractivity contribution in [2.75, 3.05) is 0 Å². The second-order valence-corrected chi connectivity index (χ2v) is 5.86. The van der Waals surface area contributed by atoms with Crippen molar-refractivity contribution >= 4 is 18.3 Å². The molecule has 0 aliphatic heterocycles. The summed E-state index contributed by atoms with van der Waals surface area (Å²) >= 11 is 0. The lowest BCUT2D eigenvalue weighted by Crippen LogP contribution is -2.40. The maximum atomic E-state index is 11.9. The third kappa shape index (κ3) is 7.26. The summed E-state index contributed by atoms with van der Waals surface area (Å²) in [5, 5.41) is 2.91. The van der Waals surface area contributed by atoms with E-state index in [1.807, 2.05) is 61.5 Å². The van der Waals surface area contributed by atoms with E-state index < -0.39 is 6.04 Å². The Morgan fingerprint density at radius 2 is 1.68 bits per heavy atom. The molecule has 0 saturated heterocycles. The number of ether oxygens (including phenoxy) is 1. The summed E-state index contributed by atoms with van der Waals surface area (Å²) in [6.45, 7) is 3.58. The molecule has 4 nitrogen and oxygen atoms in total. The van der Waals surface area contributed by atoms with E-state index in [-0.39, 0.29) is 18.3 Å². The Labute approximate surface area is 156 Å². The summed E-state index contributed by atoms with van der Waals surface area (Å²) in [5.41, 5.74) is 9.12. The first-order valence-corrected chi connectivity index (χ1v) is 8.42. The molecule has 2 rings (SSSR count). The van der Waals surface area contributed by atoms with Crippen LogP contribution in [0, 0.1) is 0 Å². The SMILES string of the molecule is CCCC(N)C(=O)NCc1ccccc1COCc1ccccc1.Cl. The van der Waals surface area contributed by atoms with Crippen LogP contribution in [0.25, 0.3) is 0 Å². The van der Waals surface area contributed by atoms with Gasteiger partial charge in [-0.15, -0.1) is 12.4 Å². The topological polar surface area (TPSA) is 64.4 Å². The van der Waals surface area contributed by atoms with E-state index >= 15 is 0 Å². The lowest BCUT2D eigenvalue weighted by atomic mass is 10.1. The number of hydrogen-bond donors (Lipinski definition) is 2. The van der Waals surface area contributed by atoms with Crippen molar-refractivity contribution in [3.05, 3.63) is 71.3 Å². The molecule has 136 valence electrons. The molecule has 0 spiro atoms. The van der Waals surface area contributed by atoms with Gasteiger partial charge in [-0.2, -0.15) is 0 Å². The second-order valence-electron chi connectivity index (χ2n) is 5.86. The number of rotatable bonds is 9. The van der Waals surface area contributed by atoms with E-state index in [0.717, 1.165) is 23.1 Å². The van der Waals surface area contributed by atoms with Crippen molar-refractivity contribution in [3.8, 4) is 0 Å². The molecule has 3 N–H and O–H groups in total. The number of benzene rings is 2. The highest BCUT2D eigenvalue weighted by molar-refractivity contribution is 5.85. The Morgan fingerprint density at radius 1 is 1.04 bits per heavy atom. The maximum absolute atomic E-state index is 11.9. The zero-order valence-corrected chi connectivity index (χ0v) is 15.4. The molecule has 0 aliphatic carbocycles. The monoisotopic (exact) mass is 362 g/mol. The highest BCUT2D eigenvalue weighted by atomic mass is 35.5. The summed E-state index contributed by atoms with van der Waals surface area (Å²) in [7, 11) is 0. The van der Waals surface area contributed by atoms with E-state index in [1.165, 1.54) is 0 Å². The average Bonchev–Trinajstić information content (AvgIpc) is 2.61. The Bertz CT molecular complexity index is 635. The summed E-state index contributed by atoms with van der Waals surface area (Å²) < 4.78 is 5.80. The molecule has 0 aromatic heterocycles. The Hall–Kier alpha value is -1.88. The van der Waals surface area contributed by atoms with Crippen molar-refractivity contribution in [1.82, 2.24) is 5.32 Å². The molecule has 1 amide bonds. The highest BCUT2D eigenvalue weighted by Gasteiger charge is 2.12. The van der Waals surface area contributed by atoms with Crippen molar-refractivity contribution in [3.63, 3.8) is 0 Å². The van der Waals surface area contributed by atoms with Crippen molar-refractivity contribution < 1.29 is 9.53 Å². The number of carbonyl (C=O) groups excluding carboxylic acids is 1. The predicted molar refractivity (Wildman–Crippen MR) is 103 cm³/mol. The normalized spacial score (nSPS) is 11.4. The van der Waals surface area contributed by atoms with Gasteiger partial charge in [0, 0.05) is 6.54 Å². The molecule has 2 aromatic carbocycles. The van der Waals surface area contributed by atoms with E-state index in [0.29, 0.717) is 26.2 Å². The molecule has 5 heteroatoms. The van der Waals surface area contributed by atoms with Crippen LogP contribution < -0.4 is 11.1 Å². The molecule has 1 unspecified atom stereocenters. The minimum absolute atomic E-state index is 0. The van der Waals surface area contributed by atoms with Gasteiger partial charge in [-0.05, 0) is 23.1 Å². The van der Waals surface area contributed by atoms with Gasteiger partial charge < -0.3 is 15.8 Å². The molecule has 0 fully saturated rings. The Morgan fingerprint density at radius 3 is 2.36 bits per heavy atom. The highest BCUT2D eigenvalue weighted by Crippen LogP contribution is 2.12. The molecular formula is C20H27ClN2O2. The smallest absolute Gasteiger partial charge is 0.237 e. The van der Waals surface area contributed by atoms with Gasteiger partial charge in [0.1, 0.15) is 0 Å². The molecular weight excluding hydrogens is 336 g/mol. The first kappa shape index (κ1) is 21.2. The fourth-order valence-electron chi connectivity index (χ4n) is 2.48. The minimum atomic E-state index is -0.434. The van der Waals surface area contributed by atoms with Crippen LogP contribution >= 0.6 is 12.4 Å². The van der Waals surface area contributed by atoms with Gasteiger partial charge >= 0.3 is 0 Å². The summed E-state index contributed by atoms with van der Waals surface area (Å²) in [4.78, 5) is 11.9. The average molecular weight is 363 g/mol. The Kier molecular flexibility index (Phi) is 9.85. The molecule has 0 radical (unpaired) electrons. The van der Waals surface area contributed by atoms with Crippen molar-refractivity contribution in [1.29, 1.82) is 0 Å². The maximum Gasteiger partial charge on any atom is 0.237 e. The summed E-state index contributed by atoms with van der Waals surface area (Å²) in [5.74, 6) is -0.100. The number of nitrogens with one attached hydrogen (secondary N) is 1. The van der Waals surface area contributed by atoms with Crippen molar-refractivity contribution in [2.45, 2.75) is 45.6 Å². The summed E-state index contributed by atoms with van der Waals surface area (Å²) in [6, 6.07) is 17.6. The number of halogens is 1. The number of hydrogen-bond acceptors (Lipinski definition) is 3. The zero-order valence-electron chi connectivity index (χ0n) is 14.6. The van der Waals surface area contributed by atoms with Crippen molar-refractivity contribution in [2.24, 2.45) is 5.73 Å². The predicted octanol–water partition coefficient (Wildman–Crippen LogP) is 3.57. The van der Waals surface area contributed by atoms with Crippen LogP contribution in [0.4, 0.5) is 0 Å². The lowest BCUT2D eigenvalue weighted by Gasteiger charge is -2.14. The van der Waals surface area contributed by atoms with Crippen LogP contribution in [0.15, 0.2) is 54.6 Å².